The van der Waals surface area contributed by atoms with Gasteiger partial charge in [0.05, 0.1) is 5.75 Å². The van der Waals surface area contributed by atoms with E-state index in [0.717, 1.165) is 26.5 Å². The third kappa shape index (κ3) is 2.47. The average Bonchev–Trinajstić information content (AvgIpc) is 3.21. The number of nitrogens with zero attached hydrogens (tertiary/aromatic N) is 5. The molecule has 0 aliphatic rings. The van der Waals surface area contributed by atoms with Gasteiger partial charge >= 0.3 is 0 Å². The molecule has 9 heteroatoms. The molecule has 1 aromatic carbocycles. The molecule has 128 valence electrons. The molecule has 0 spiro atoms. The summed E-state index contributed by atoms with van der Waals surface area (Å²) in [6.45, 7) is 1.80. The van der Waals surface area contributed by atoms with Crippen molar-refractivity contribution >= 4 is 50.1 Å². The van der Waals surface area contributed by atoms with Crippen molar-refractivity contribution in [1.82, 2.24) is 24.6 Å². The Hall–Kier alpha value is -2.78. The molecule has 5 rings (SSSR count). The van der Waals surface area contributed by atoms with Crippen LogP contribution in [0, 0.1) is 6.92 Å². The summed E-state index contributed by atoms with van der Waals surface area (Å²) in [6, 6.07) is 9.26. The van der Waals surface area contributed by atoms with E-state index >= 15 is 0 Å². The first-order valence-corrected chi connectivity index (χ1v) is 9.61. The summed E-state index contributed by atoms with van der Waals surface area (Å²) in [6.07, 6.45) is 1.54. The second-order valence-corrected chi connectivity index (χ2v) is 7.67. The van der Waals surface area contributed by atoms with E-state index < -0.39 is 0 Å². The maximum atomic E-state index is 12.0. The van der Waals surface area contributed by atoms with E-state index in [9.17, 15) is 4.79 Å². The summed E-state index contributed by atoms with van der Waals surface area (Å²) < 4.78 is 7.27. The minimum absolute atomic E-state index is 0.165. The van der Waals surface area contributed by atoms with Gasteiger partial charge in [0.15, 0.2) is 5.58 Å². The molecule has 4 heterocycles. The predicted molar refractivity (Wildman–Crippen MR) is 101 cm³/mol. The molecule has 0 saturated heterocycles. The maximum Gasteiger partial charge on any atom is 0.275 e. The van der Waals surface area contributed by atoms with Crippen LogP contribution >= 0.6 is 23.1 Å². The summed E-state index contributed by atoms with van der Waals surface area (Å²) in [4.78, 5) is 25.6. The van der Waals surface area contributed by atoms with E-state index in [1.54, 1.807) is 13.3 Å². The molecule has 7 nitrogen and oxygen atoms in total. The number of hydrogen-bond donors (Lipinski definition) is 0. The van der Waals surface area contributed by atoms with Gasteiger partial charge in [-0.15, -0.1) is 0 Å². The first-order chi connectivity index (χ1) is 12.7. The number of aryl methyl sites for hydroxylation is 1. The molecular weight excluding hydrogens is 370 g/mol. The monoisotopic (exact) mass is 381 g/mol. The molecule has 0 bridgehead atoms. The van der Waals surface area contributed by atoms with E-state index in [2.05, 4.69) is 20.1 Å². The Bertz CT molecular complexity index is 1340. The molecule has 0 amide bonds. The Kier molecular flexibility index (Phi) is 3.50. The van der Waals surface area contributed by atoms with Gasteiger partial charge in [-0.2, -0.15) is 9.61 Å². The van der Waals surface area contributed by atoms with Gasteiger partial charge < -0.3 is 4.42 Å². The molecule has 4 aromatic heterocycles. The number of hydrogen-bond acceptors (Lipinski definition) is 8. The fourth-order valence-corrected chi connectivity index (χ4v) is 4.62. The van der Waals surface area contributed by atoms with Crippen molar-refractivity contribution in [2.24, 2.45) is 0 Å². The Labute approximate surface area is 154 Å². The SMILES string of the molecule is Cc1cc(=O)n2nc(CSc3ncnc4c3oc3ccccc34)sc2n1. The van der Waals surface area contributed by atoms with Gasteiger partial charge in [-0.3, -0.25) is 4.79 Å². The van der Waals surface area contributed by atoms with E-state index in [-0.39, 0.29) is 5.56 Å². The third-order valence-corrected chi connectivity index (χ3v) is 5.95. The van der Waals surface area contributed by atoms with Crippen LogP contribution in [-0.2, 0) is 5.75 Å². The summed E-state index contributed by atoms with van der Waals surface area (Å²) in [5.41, 5.74) is 2.79. The summed E-state index contributed by atoms with van der Waals surface area (Å²) >= 11 is 2.90. The lowest BCUT2D eigenvalue weighted by Gasteiger charge is -1.98. The molecule has 0 unspecified atom stereocenters. The van der Waals surface area contributed by atoms with Crippen molar-refractivity contribution in [3.8, 4) is 0 Å². The molecule has 0 saturated carbocycles. The van der Waals surface area contributed by atoms with Crippen molar-refractivity contribution in [2.45, 2.75) is 17.7 Å². The van der Waals surface area contributed by atoms with Gasteiger partial charge in [-0.25, -0.2) is 15.0 Å². The largest absolute Gasteiger partial charge is 0.451 e. The first-order valence-electron chi connectivity index (χ1n) is 7.80. The Balaban J connectivity index is 1.52. The normalized spacial score (nSPS) is 11.7. The molecule has 5 aromatic rings. The molecule has 0 aliphatic heterocycles. The van der Waals surface area contributed by atoms with Crippen LogP contribution in [0.2, 0.25) is 0 Å². The Morgan fingerprint density at radius 2 is 2.15 bits per heavy atom. The Morgan fingerprint density at radius 3 is 3.08 bits per heavy atom. The van der Waals surface area contributed by atoms with Crippen molar-refractivity contribution in [3.05, 3.63) is 57.7 Å². The van der Waals surface area contributed by atoms with E-state index in [1.165, 1.54) is 33.7 Å². The molecule has 0 aliphatic carbocycles. The average molecular weight is 381 g/mol. The van der Waals surface area contributed by atoms with Crippen LogP contribution in [0.4, 0.5) is 0 Å². The number of aromatic nitrogens is 5. The van der Waals surface area contributed by atoms with Crippen molar-refractivity contribution in [3.63, 3.8) is 0 Å². The van der Waals surface area contributed by atoms with Crippen LogP contribution in [0.15, 0.2) is 50.9 Å². The summed E-state index contributed by atoms with van der Waals surface area (Å²) in [7, 11) is 0. The van der Waals surface area contributed by atoms with Gasteiger partial charge in [-0.05, 0) is 19.1 Å². The zero-order valence-electron chi connectivity index (χ0n) is 13.5. The number of thioether (sulfide) groups is 1. The lowest BCUT2D eigenvalue weighted by atomic mass is 10.2. The topological polar surface area (TPSA) is 86.2 Å². The van der Waals surface area contributed by atoms with Crippen molar-refractivity contribution < 1.29 is 4.42 Å². The second-order valence-electron chi connectivity index (χ2n) is 5.67. The van der Waals surface area contributed by atoms with Gasteiger partial charge in [0.25, 0.3) is 5.56 Å². The van der Waals surface area contributed by atoms with E-state index in [0.29, 0.717) is 22.0 Å². The molecule has 0 fully saturated rings. The number of para-hydroxylation sites is 1. The highest BCUT2D eigenvalue weighted by Gasteiger charge is 2.15. The molecular formula is C17H11N5O2S2. The van der Waals surface area contributed by atoms with Gasteiger partial charge in [-0.1, -0.05) is 35.2 Å². The molecule has 0 N–H and O–H groups in total. The lowest BCUT2D eigenvalue weighted by Crippen LogP contribution is -2.14. The fraction of sp³-hybridized carbons (Fsp3) is 0.118. The van der Waals surface area contributed by atoms with Gasteiger partial charge in [0.2, 0.25) is 4.96 Å². The number of fused-ring (bicyclic) bond motifs is 4. The van der Waals surface area contributed by atoms with Crippen molar-refractivity contribution in [1.29, 1.82) is 0 Å². The number of benzene rings is 1. The highest BCUT2D eigenvalue weighted by molar-refractivity contribution is 7.98. The van der Waals surface area contributed by atoms with E-state index in [4.69, 9.17) is 4.42 Å². The predicted octanol–water partition coefficient (Wildman–Crippen LogP) is 3.44. The minimum atomic E-state index is -0.165. The third-order valence-electron chi connectivity index (χ3n) is 3.87. The molecule has 26 heavy (non-hydrogen) atoms. The fourth-order valence-electron chi connectivity index (χ4n) is 2.75. The summed E-state index contributed by atoms with van der Waals surface area (Å²) in [5.74, 6) is 0.565. The zero-order valence-corrected chi connectivity index (χ0v) is 15.2. The van der Waals surface area contributed by atoms with Crippen LogP contribution in [0.1, 0.15) is 10.7 Å². The van der Waals surface area contributed by atoms with Crippen molar-refractivity contribution in [2.75, 3.05) is 0 Å². The van der Waals surface area contributed by atoms with Crippen LogP contribution in [0.25, 0.3) is 27.0 Å². The highest BCUT2D eigenvalue weighted by atomic mass is 32.2. The second kappa shape index (κ2) is 5.89. The van der Waals surface area contributed by atoms with Crippen LogP contribution < -0.4 is 5.56 Å². The number of rotatable bonds is 3. The quantitative estimate of drug-likeness (QED) is 0.349. The lowest BCUT2D eigenvalue weighted by molar-refractivity contribution is 0.653. The van der Waals surface area contributed by atoms with Gasteiger partial charge in [0.1, 0.15) is 27.5 Å². The molecule has 0 radical (unpaired) electrons. The number of furan rings is 1. The van der Waals surface area contributed by atoms with Crippen LogP contribution in [0.5, 0.6) is 0 Å². The van der Waals surface area contributed by atoms with Gasteiger partial charge in [0, 0.05) is 17.1 Å². The van der Waals surface area contributed by atoms with Crippen LogP contribution in [-0.4, -0.2) is 24.6 Å². The standard InChI is InChI=1S/C17H11N5O2S2/c1-9-6-13(23)22-17(20-9)26-12(21-22)7-25-16-15-14(18-8-19-16)10-4-2-3-5-11(10)24-15/h2-6,8H,7H2,1H3. The zero-order chi connectivity index (χ0) is 17.7. The minimum Gasteiger partial charge on any atom is -0.451 e. The summed E-state index contributed by atoms with van der Waals surface area (Å²) in [5, 5.41) is 6.88. The van der Waals surface area contributed by atoms with Crippen LogP contribution in [0.3, 0.4) is 0 Å². The first kappa shape index (κ1) is 15.5. The van der Waals surface area contributed by atoms with E-state index in [1.807, 2.05) is 24.3 Å². The Morgan fingerprint density at radius 1 is 1.27 bits per heavy atom. The smallest absolute Gasteiger partial charge is 0.275 e. The highest BCUT2D eigenvalue weighted by Crippen LogP contribution is 2.34. The molecule has 0 atom stereocenters. The maximum absolute atomic E-state index is 12.0.